The lowest BCUT2D eigenvalue weighted by Gasteiger charge is -2.29. The van der Waals surface area contributed by atoms with Crippen LogP contribution in [0.1, 0.15) is 49.0 Å². The second kappa shape index (κ2) is 6.31. The molecule has 1 fully saturated rings. The maximum atomic E-state index is 14.2. The molecule has 0 N–H and O–H groups in total. The van der Waals surface area contributed by atoms with Gasteiger partial charge in [-0.2, -0.15) is 5.10 Å². The molecular formula is C18H24FN3OS. The number of hydrogen-bond acceptors (Lipinski definition) is 3. The van der Waals surface area contributed by atoms with Gasteiger partial charge in [0.2, 0.25) is 0 Å². The van der Waals surface area contributed by atoms with Gasteiger partial charge >= 0.3 is 0 Å². The molecule has 130 valence electrons. The van der Waals surface area contributed by atoms with Crippen LogP contribution in [-0.2, 0) is 12.7 Å². The van der Waals surface area contributed by atoms with Crippen LogP contribution in [0.4, 0.5) is 4.39 Å². The molecule has 2 aromatic heterocycles. The molecule has 0 bridgehead atoms. The van der Waals surface area contributed by atoms with Gasteiger partial charge in [-0.1, -0.05) is 6.92 Å². The average Bonchev–Trinajstić information content (AvgIpc) is 3.13. The Bertz CT molecular complexity index is 736. The smallest absolute Gasteiger partial charge is 0.263 e. The lowest BCUT2D eigenvalue weighted by atomic mass is 9.99. The minimum Gasteiger partial charge on any atom is -0.338 e. The number of aryl methyl sites for hydroxylation is 1. The molecular weight excluding hydrogens is 325 g/mol. The van der Waals surface area contributed by atoms with Gasteiger partial charge in [0, 0.05) is 20.1 Å². The number of halogens is 1. The fourth-order valence-corrected chi connectivity index (χ4v) is 4.03. The Morgan fingerprint density at radius 3 is 2.58 bits per heavy atom. The quantitative estimate of drug-likeness (QED) is 0.832. The molecule has 1 aliphatic rings. The van der Waals surface area contributed by atoms with Crippen LogP contribution in [0.5, 0.6) is 0 Å². The van der Waals surface area contributed by atoms with Crippen LogP contribution < -0.4 is 0 Å². The Morgan fingerprint density at radius 2 is 2.00 bits per heavy atom. The number of rotatable bonds is 3. The van der Waals surface area contributed by atoms with Crippen molar-refractivity contribution >= 4 is 17.2 Å². The van der Waals surface area contributed by atoms with Crippen molar-refractivity contribution < 1.29 is 9.18 Å². The van der Waals surface area contributed by atoms with Gasteiger partial charge in [0.25, 0.3) is 5.91 Å². The van der Waals surface area contributed by atoms with Gasteiger partial charge in [0.1, 0.15) is 11.4 Å². The van der Waals surface area contributed by atoms with Crippen molar-refractivity contribution in [3.8, 4) is 10.6 Å². The summed E-state index contributed by atoms with van der Waals surface area (Å²) in [5.41, 5.74) is -0.196. The molecule has 0 atom stereocenters. The highest BCUT2D eigenvalue weighted by Gasteiger charge is 2.26. The number of aromatic nitrogens is 2. The van der Waals surface area contributed by atoms with Crippen molar-refractivity contribution in [2.75, 3.05) is 13.1 Å². The number of hydrogen-bond donors (Lipinski definition) is 0. The molecule has 1 amide bonds. The van der Waals surface area contributed by atoms with Crippen LogP contribution in [-0.4, -0.2) is 33.7 Å². The molecule has 0 unspecified atom stereocenters. The first kappa shape index (κ1) is 17.1. The number of carbonyl (C=O) groups excluding carboxylic acids is 1. The maximum absolute atomic E-state index is 14.2. The van der Waals surface area contributed by atoms with Crippen LogP contribution in [0, 0.1) is 5.92 Å². The first-order chi connectivity index (χ1) is 11.3. The number of alkyl halides is 1. The van der Waals surface area contributed by atoms with Crippen LogP contribution in [0.3, 0.4) is 0 Å². The van der Waals surface area contributed by atoms with Crippen molar-refractivity contribution in [2.24, 2.45) is 13.0 Å². The van der Waals surface area contributed by atoms with E-state index in [0.717, 1.165) is 41.4 Å². The zero-order chi connectivity index (χ0) is 17.5. The van der Waals surface area contributed by atoms with Crippen LogP contribution in [0.25, 0.3) is 10.6 Å². The number of amides is 1. The van der Waals surface area contributed by atoms with Gasteiger partial charge in [-0.25, -0.2) is 4.39 Å². The summed E-state index contributed by atoms with van der Waals surface area (Å²) in [5, 5.41) is 4.40. The average molecular weight is 349 g/mol. The first-order valence-electron chi connectivity index (χ1n) is 8.38. The van der Waals surface area contributed by atoms with E-state index in [1.807, 2.05) is 17.0 Å². The highest BCUT2D eigenvalue weighted by Crippen LogP contribution is 2.32. The number of piperidine rings is 1. The molecule has 3 heterocycles. The second-order valence-electron chi connectivity index (χ2n) is 7.15. The topological polar surface area (TPSA) is 38.1 Å². The second-order valence-corrected chi connectivity index (χ2v) is 8.23. The van der Waals surface area contributed by atoms with Gasteiger partial charge in [0.15, 0.2) is 0 Å². The summed E-state index contributed by atoms with van der Waals surface area (Å²) in [5.74, 6) is 0.795. The third-order valence-electron chi connectivity index (χ3n) is 4.63. The maximum Gasteiger partial charge on any atom is 0.263 e. The Hall–Kier alpha value is -1.69. The number of carbonyl (C=O) groups is 1. The molecule has 1 aliphatic heterocycles. The van der Waals surface area contributed by atoms with Crippen molar-refractivity contribution in [3.05, 3.63) is 28.8 Å². The van der Waals surface area contributed by atoms with Gasteiger partial charge in [0.05, 0.1) is 15.4 Å². The zero-order valence-corrected chi connectivity index (χ0v) is 15.5. The molecule has 0 spiro atoms. The molecule has 24 heavy (non-hydrogen) atoms. The molecule has 6 heteroatoms. The van der Waals surface area contributed by atoms with Gasteiger partial charge < -0.3 is 4.90 Å². The molecule has 4 nitrogen and oxygen atoms in total. The van der Waals surface area contributed by atoms with E-state index in [1.54, 1.807) is 17.8 Å². The van der Waals surface area contributed by atoms with Crippen molar-refractivity contribution in [2.45, 2.75) is 39.3 Å². The van der Waals surface area contributed by atoms with E-state index in [1.165, 1.54) is 25.2 Å². The Morgan fingerprint density at radius 1 is 1.33 bits per heavy atom. The van der Waals surface area contributed by atoms with E-state index < -0.39 is 5.67 Å². The molecule has 0 saturated carbocycles. The Labute approximate surface area is 146 Å². The molecule has 3 rings (SSSR count). The van der Waals surface area contributed by atoms with Crippen molar-refractivity contribution in [3.63, 3.8) is 0 Å². The van der Waals surface area contributed by atoms with Crippen molar-refractivity contribution in [1.82, 2.24) is 14.7 Å². The number of likely N-dealkylation sites (tertiary alicyclic amines) is 1. The molecule has 0 aromatic carbocycles. The lowest BCUT2D eigenvalue weighted by Crippen LogP contribution is -2.37. The van der Waals surface area contributed by atoms with E-state index in [4.69, 9.17) is 0 Å². The minimum absolute atomic E-state index is 0.0973. The molecule has 0 radical (unpaired) electrons. The number of thiophene rings is 1. The van der Waals surface area contributed by atoms with Crippen LogP contribution in [0.15, 0.2) is 18.2 Å². The summed E-state index contributed by atoms with van der Waals surface area (Å²) in [4.78, 5) is 16.2. The van der Waals surface area contributed by atoms with Gasteiger partial charge in [-0.3, -0.25) is 9.48 Å². The fourth-order valence-electron chi connectivity index (χ4n) is 3.10. The van der Waals surface area contributed by atoms with Gasteiger partial charge in [-0.15, -0.1) is 11.3 Å². The molecule has 2 aromatic rings. The Kier molecular flexibility index (Phi) is 4.51. The van der Waals surface area contributed by atoms with E-state index in [0.29, 0.717) is 11.6 Å². The fraction of sp³-hybridized carbons (Fsp3) is 0.556. The summed E-state index contributed by atoms with van der Waals surface area (Å²) in [6, 6.07) is 5.53. The van der Waals surface area contributed by atoms with Gasteiger partial charge in [-0.05, 0) is 50.8 Å². The summed E-state index contributed by atoms with van der Waals surface area (Å²) in [7, 11) is 1.74. The predicted molar refractivity (Wildman–Crippen MR) is 95.0 cm³/mol. The van der Waals surface area contributed by atoms with E-state index in [9.17, 15) is 9.18 Å². The normalized spacial score (nSPS) is 16.6. The highest BCUT2D eigenvalue weighted by atomic mass is 32.1. The summed E-state index contributed by atoms with van der Waals surface area (Å²) in [6.45, 7) is 6.94. The predicted octanol–water partition coefficient (Wildman–Crippen LogP) is 4.23. The lowest BCUT2D eigenvalue weighted by molar-refractivity contribution is 0.0702. The first-order valence-corrected chi connectivity index (χ1v) is 9.20. The van der Waals surface area contributed by atoms with E-state index in [-0.39, 0.29) is 5.91 Å². The zero-order valence-electron chi connectivity index (χ0n) is 14.7. The molecule has 0 aliphatic carbocycles. The summed E-state index contributed by atoms with van der Waals surface area (Å²) >= 11 is 1.43. The van der Waals surface area contributed by atoms with Crippen LogP contribution >= 0.6 is 11.3 Å². The van der Waals surface area contributed by atoms with E-state index in [2.05, 4.69) is 12.0 Å². The summed E-state index contributed by atoms with van der Waals surface area (Å²) < 4.78 is 15.8. The number of nitrogens with zero attached hydrogens (tertiary/aromatic N) is 3. The SMILES string of the molecule is CC1CCN(C(=O)c2ccc(-c3cc(C(C)(C)F)n(C)n3)s2)CC1. The third kappa shape index (κ3) is 3.38. The monoisotopic (exact) mass is 349 g/mol. The highest BCUT2D eigenvalue weighted by molar-refractivity contribution is 7.17. The standard InChI is InChI=1S/C18H24FN3OS/c1-12-7-9-22(10-8-12)17(23)15-6-5-14(24-15)13-11-16(18(2,3)19)21(4)20-13/h5-6,11-12H,7-10H2,1-4H3. The summed E-state index contributed by atoms with van der Waals surface area (Å²) in [6.07, 6.45) is 2.14. The third-order valence-corrected chi connectivity index (χ3v) is 5.72. The van der Waals surface area contributed by atoms with E-state index >= 15 is 0 Å². The van der Waals surface area contributed by atoms with Crippen molar-refractivity contribution in [1.29, 1.82) is 0 Å². The van der Waals surface area contributed by atoms with Crippen LogP contribution in [0.2, 0.25) is 0 Å². The minimum atomic E-state index is -1.44. The largest absolute Gasteiger partial charge is 0.338 e. The Balaban J connectivity index is 1.80. The molecule has 1 saturated heterocycles.